The van der Waals surface area contributed by atoms with Crippen molar-refractivity contribution in [2.45, 2.75) is 112 Å². The molecule has 2 fully saturated rings. The number of aliphatic hydroxyl groups excluding tert-OH is 1. The van der Waals surface area contributed by atoms with Gasteiger partial charge in [0.25, 0.3) is 11.5 Å². The standard InChI is InChI=1S/C62H83N7O11S/c1-10-68(49-19-21-75-22-20-49)54-33-48(32-52(42(54)4)59(72)64-36-53-40(2)31-41(3)66-60(53)73)46-15-17-51(18-16-46)80-30-29-78-26-25-76-23-24-77-27-28-79-38-56(71)67-58(62(7,8)9)61(74)69-37-50(70)34-55(69)43(5)63-35-45-11-13-47(14-12-45)57-44(6)65-39-81-57/h11-18,31-33,39,49-50,55,58,63,70H,5,10,19-30,34-38H2,1-4,6-9H3,(H,64,72)(H,66,73)(H,67,71)/t50-,55+,58-/m1/s1. The van der Waals surface area contributed by atoms with Crippen molar-refractivity contribution in [3.05, 3.63) is 134 Å². The number of carbonyl (C=O) groups is 3. The second-order valence-electron chi connectivity index (χ2n) is 21.8. The van der Waals surface area contributed by atoms with Gasteiger partial charge in [-0.2, -0.15) is 0 Å². The average molecular weight is 1130 g/mol. The molecular formula is C62H83N7O11S. The van der Waals surface area contributed by atoms with Gasteiger partial charge in [0.05, 0.1) is 74.5 Å². The minimum Gasteiger partial charge on any atom is -0.491 e. The number of nitrogens with zero attached hydrogens (tertiary/aromatic N) is 3. The first-order valence-electron chi connectivity index (χ1n) is 28.1. The zero-order valence-corrected chi connectivity index (χ0v) is 49.3. The number of thiazole rings is 1. The number of carbonyl (C=O) groups excluding carboxylic acids is 3. The van der Waals surface area contributed by atoms with Crippen LogP contribution >= 0.6 is 11.3 Å². The number of β-amino-alcohol motifs (C(OH)–C–C–N with tert-alkyl or cyclic N) is 1. The summed E-state index contributed by atoms with van der Waals surface area (Å²) in [6, 6.07) is 21.0. The van der Waals surface area contributed by atoms with Crippen LogP contribution in [0.3, 0.4) is 0 Å². The van der Waals surface area contributed by atoms with E-state index in [-0.39, 0.29) is 56.3 Å². The largest absolute Gasteiger partial charge is 0.491 e. The lowest BCUT2D eigenvalue weighted by atomic mass is 9.85. The first kappa shape index (κ1) is 62.2. The maximum Gasteiger partial charge on any atom is 0.253 e. The van der Waals surface area contributed by atoms with E-state index in [4.69, 9.17) is 28.4 Å². The van der Waals surface area contributed by atoms with Gasteiger partial charge in [0.2, 0.25) is 11.8 Å². The monoisotopic (exact) mass is 1130 g/mol. The molecule has 0 saturated carbocycles. The van der Waals surface area contributed by atoms with Crippen molar-refractivity contribution in [3.8, 4) is 27.3 Å². The third-order valence-corrected chi connectivity index (χ3v) is 15.7. The van der Waals surface area contributed by atoms with Crippen molar-refractivity contribution in [2.24, 2.45) is 5.41 Å². The molecule has 2 aromatic heterocycles. The molecular weight excluding hydrogens is 1050 g/mol. The number of rotatable bonds is 29. The number of aromatic nitrogens is 2. The summed E-state index contributed by atoms with van der Waals surface area (Å²) in [4.78, 5) is 66.2. The van der Waals surface area contributed by atoms with Gasteiger partial charge in [0, 0.05) is 80.1 Å². The fraction of sp³-hybridized carbons (Fsp3) is 0.500. The van der Waals surface area contributed by atoms with E-state index in [0.717, 1.165) is 74.7 Å². The van der Waals surface area contributed by atoms with Gasteiger partial charge in [0.15, 0.2) is 0 Å². The molecule has 2 aliphatic heterocycles. The van der Waals surface area contributed by atoms with Crippen LogP contribution in [-0.2, 0) is 46.4 Å². The van der Waals surface area contributed by atoms with Crippen LogP contribution in [0.25, 0.3) is 21.6 Å². The molecule has 19 heteroatoms. The van der Waals surface area contributed by atoms with Gasteiger partial charge in [-0.1, -0.05) is 63.7 Å². The molecule has 438 valence electrons. The summed E-state index contributed by atoms with van der Waals surface area (Å²) < 4.78 is 34.3. The SMILES string of the molecule is C=C(NCc1ccc(-c2scnc2C)cc1)[C@@H]1C[C@@H](O)CN1C(=O)[C@@H](NC(=O)COCCOCCOCCOCCOc1ccc(-c2cc(C(=O)NCc3c(C)cc(C)[nH]c3=O)c(C)c(N(CC)C3CCOCC3)c2)cc1)C(C)(C)C. The lowest BCUT2D eigenvalue weighted by Crippen LogP contribution is -2.57. The lowest BCUT2D eigenvalue weighted by molar-refractivity contribution is -0.141. The molecule has 0 bridgehead atoms. The maximum absolute atomic E-state index is 14.1. The normalized spacial score (nSPS) is 16.0. The molecule has 3 aromatic carbocycles. The molecule has 5 N–H and O–H groups in total. The van der Waals surface area contributed by atoms with E-state index in [1.54, 1.807) is 16.2 Å². The maximum atomic E-state index is 14.1. The molecule has 0 aliphatic carbocycles. The third-order valence-electron chi connectivity index (χ3n) is 14.7. The Morgan fingerprint density at radius 3 is 2.11 bits per heavy atom. The van der Waals surface area contributed by atoms with E-state index in [2.05, 4.69) is 74.7 Å². The molecule has 2 saturated heterocycles. The minimum absolute atomic E-state index is 0.115. The molecule has 0 spiro atoms. The molecule has 7 rings (SSSR count). The number of hydrogen-bond donors (Lipinski definition) is 5. The Bertz CT molecular complexity index is 2930. The fourth-order valence-corrected chi connectivity index (χ4v) is 11.1. The Labute approximate surface area is 480 Å². The number of nitrogens with one attached hydrogen (secondary N) is 4. The van der Waals surface area contributed by atoms with Crippen LogP contribution in [0.2, 0.25) is 0 Å². The van der Waals surface area contributed by atoms with Gasteiger partial charge in [-0.3, -0.25) is 19.2 Å². The number of aliphatic hydroxyl groups is 1. The number of anilines is 1. The van der Waals surface area contributed by atoms with Crippen LogP contribution in [0.4, 0.5) is 5.69 Å². The highest BCUT2D eigenvalue weighted by Crippen LogP contribution is 2.35. The Kier molecular flexibility index (Phi) is 23.0. The number of hydrogen-bond acceptors (Lipinski definition) is 15. The summed E-state index contributed by atoms with van der Waals surface area (Å²) in [6.07, 6.45) is 1.43. The zero-order chi connectivity index (χ0) is 58.1. The fourth-order valence-electron chi connectivity index (χ4n) is 10.3. The quantitative estimate of drug-likeness (QED) is 0.0292. The van der Waals surface area contributed by atoms with Crippen LogP contribution in [0.1, 0.15) is 91.0 Å². The predicted molar refractivity (Wildman–Crippen MR) is 316 cm³/mol. The van der Waals surface area contributed by atoms with Crippen LogP contribution < -0.4 is 31.1 Å². The van der Waals surface area contributed by atoms with E-state index in [1.807, 2.05) is 90.4 Å². The predicted octanol–water partition coefficient (Wildman–Crippen LogP) is 7.58. The van der Waals surface area contributed by atoms with Crippen molar-refractivity contribution in [1.29, 1.82) is 0 Å². The highest BCUT2D eigenvalue weighted by atomic mass is 32.1. The van der Waals surface area contributed by atoms with Crippen molar-refractivity contribution in [3.63, 3.8) is 0 Å². The highest BCUT2D eigenvalue weighted by Gasteiger charge is 2.43. The first-order chi connectivity index (χ1) is 38.9. The average Bonchev–Trinajstić information content (AvgIpc) is 4.28. The van der Waals surface area contributed by atoms with Crippen LogP contribution in [0.5, 0.6) is 5.75 Å². The van der Waals surface area contributed by atoms with Gasteiger partial charge in [-0.25, -0.2) is 4.98 Å². The summed E-state index contributed by atoms with van der Waals surface area (Å²) in [5, 5.41) is 20.0. The molecule has 3 atom stereocenters. The molecule has 0 unspecified atom stereocenters. The molecule has 0 radical (unpaired) electrons. The number of aryl methyl sites for hydroxylation is 3. The second-order valence-corrected chi connectivity index (χ2v) is 22.6. The molecule has 3 amide bonds. The number of benzene rings is 3. The number of H-pyrrole nitrogens is 1. The second kappa shape index (κ2) is 30.0. The number of likely N-dealkylation sites (tertiary alicyclic amines) is 1. The Morgan fingerprint density at radius 2 is 1.49 bits per heavy atom. The summed E-state index contributed by atoms with van der Waals surface area (Å²) in [5.74, 6) is -0.279. The minimum atomic E-state index is -0.866. The van der Waals surface area contributed by atoms with E-state index in [0.29, 0.717) is 88.4 Å². The van der Waals surface area contributed by atoms with Gasteiger partial charge < -0.3 is 64.3 Å². The van der Waals surface area contributed by atoms with Gasteiger partial charge >= 0.3 is 0 Å². The molecule has 5 aromatic rings. The van der Waals surface area contributed by atoms with E-state index in [9.17, 15) is 24.3 Å². The molecule has 2 aliphatic rings. The Balaban J connectivity index is 0.772. The van der Waals surface area contributed by atoms with Crippen molar-refractivity contribution >= 4 is 34.7 Å². The zero-order valence-electron chi connectivity index (χ0n) is 48.5. The Hall–Kier alpha value is -6.45. The smallest absolute Gasteiger partial charge is 0.253 e. The molecule has 18 nitrogen and oxygen atoms in total. The summed E-state index contributed by atoms with van der Waals surface area (Å²) >= 11 is 1.61. The topological polar surface area (TPSA) is 215 Å². The Morgan fingerprint density at radius 1 is 0.852 bits per heavy atom. The lowest BCUT2D eigenvalue weighted by Gasteiger charge is -2.37. The number of pyridine rings is 1. The van der Waals surface area contributed by atoms with E-state index >= 15 is 0 Å². The highest BCUT2D eigenvalue weighted by molar-refractivity contribution is 7.13. The van der Waals surface area contributed by atoms with Crippen molar-refractivity contribution in [2.75, 3.05) is 90.7 Å². The first-order valence-corrected chi connectivity index (χ1v) is 29.0. The number of amides is 3. The number of aromatic amines is 1. The summed E-state index contributed by atoms with van der Waals surface area (Å²) in [7, 11) is 0. The third kappa shape index (κ3) is 17.5. The van der Waals surface area contributed by atoms with Gasteiger partial charge in [-0.15, -0.1) is 11.3 Å². The molecule has 4 heterocycles. The van der Waals surface area contributed by atoms with E-state index in [1.165, 1.54) is 0 Å². The van der Waals surface area contributed by atoms with Gasteiger partial charge in [0.1, 0.15) is 25.0 Å². The van der Waals surface area contributed by atoms with Crippen molar-refractivity contribution < 1.29 is 47.9 Å². The van der Waals surface area contributed by atoms with Gasteiger partial charge in [-0.05, 0) is 117 Å². The van der Waals surface area contributed by atoms with Crippen LogP contribution in [0.15, 0.2) is 89.3 Å². The summed E-state index contributed by atoms with van der Waals surface area (Å²) in [5.41, 5.74) is 11.2. The van der Waals surface area contributed by atoms with E-state index < -0.39 is 29.5 Å². The number of ether oxygens (including phenoxy) is 6. The van der Waals surface area contributed by atoms with Crippen LogP contribution in [-0.4, -0.2) is 148 Å². The summed E-state index contributed by atoms with van der Waals surface area (Å²) in [6.45, 7) is 25.0. The molecule has 81 heavy (non-hydrogen) atoms. The van der Waals surface area contributed by atoms with Crippen LogP contribution in [0, 0.1) is 33.1 Å². The van der Waals surface area contributed by atoms with Crippen molar-refractivity contribution in [1.82, 2.24) is 30.8 Å².